The summed E-state index contributed by atoms with van der Waals surface area (Å²) in [5, 5.41) is 5.81. The number of para-hydroxylation sites is 1. The first-order valence-corrected chi connectivity index (χ1v) is 12.5. The Hall–Kier alpha value is -3.07. The Labute approximate surface area is 208 Å². The van der Waals surface area contributed by atoms with E-state index in [0.29, 0.717) is 0 Å². The first-order valence-electron chi connectivity index (χ1n) is 10.3. The van der Waals surface area contributed by atoms with Crippen molar-refractivity contribution in [2.24, 2.45) is 0 Å². The van der Waals surface area contributed by atoms with Gasteiger partial charge in [-0.1, -0.05) is 53.5 Å². The summed E-state index contributed by atoms with van der Waals surface area (Å²) in [6.07, 6.45) is 0. The van der Waals surface area contributed by atoms with Gasteiger partial charge in [0.05, 0.1) is 31.9 Å². The predicted octanol–water partition coefficient (Wildman–Crippen LogP) is 4.97. The first-order chi connectivity index (χ1) is 16.1. The molecule has 0 heterocycles. The van der Waals surface area contributed by atoms with Crippen LogP contribution in [-0.2, 0) is 14.8 Å². The molecule has 7 nitrogen and oxygen atoms in total. The van der Waals surface area contributed by atoms with E-state index in [2.05, 4.69) is 10.6 Å². The van der Waals surface area contributed by atoms with Crippen molar-refractivity contribution >= 4 is 56.4 Å². The summed E-state index contributed by atoms with van der Waals surface area (Å²) >= 11 is 12.1. The number of nitrogens with zero attached hydrogens (tertiary/aromatic N) is 1. The summed E-state index contributed by atoms with van der Waals surface area (Å²) in [5.74, 6) is -1.00. The van der Waals surface area contributed by atoms with E-state index >= 15 is 0 Å². The van der Waals surface area contributed by atoms with Gasteiger partial charge in [-0.2, -0.15) is 0 Å². The average molecular weight is 520 g/mol. The average Bonchev–Trinajstić information content (AvgIpc) is 2.80. The van der Waals surface area contributed by atoms with Gasteiger partial charge in [0, 0.05) is 6.04 Å². The molecule has 3 aromatic rings. The van der Waals surface area contributed by atoms with E-state index in [1.54, 1.807) is 42.5 Å². The number of amides is 2. The van der Waals surface area contributed by atoms with Crippen LogP contribution in [0, 0.1) is 0 Å². The lowest BCUT2D eigenvalue weighted by Gasteiger charge is -2.24. The number of sulfonamides is 1. The second-order valence-corrected chi connectivity index (χ2v) is 10.3. The number of benzene rings is 3. The van der Waals surface area contributed by atoms with E-state index in [4.69, 9.17) is 23.2 Å². The van der Waals surface area contributed by atoms with Crippen LogP contribution in [0.15, 0.2) is 77.7 Å². The fraction of sp³-hybridized carbons (Fsp3) is 0.167. The van der Waals surface area contributed by atoms with Crippen molar-refractivity contribution in [2.45, 2.75) is 24.8 Å². The molecule has 0 saturated heterocycles. The van der Waals surface area contributed by atoms with Crippen LogP contribution in [0.1, 0.15) is 24.2 Å². The Morgan fingerprint density at radius 3 is 2.21 bits per heavy atom. The number of hydrogen-bond donors (Lipinski definition) is 2. The smallest absolute Gasteiger partial charge is 0.264 e. The zero-order chi connectivity index (χ0) is 24.9. The van der Waals surface area contributed by atoms with Crippen LogP contribution < -0.4 is 14.9 Å². The summed E-state index contributed by atoms with van der Waals surface area (Å²) in [7, 11) is -4.12. The van der Waals surface area contributed by atoms with Gasteiger partial charge in [-0.05, 0) is 56.3 Å². The van der Waals surface area contributed by atoms with Gasteiger partial charge in [-0.25, -0.2) is 8.42 Å². The summed E-state index contributed by atoms with van der Waals surface area (Å²) < 4.78 is 27.8. The van der Waals surface area contributed by atoms with E-state index in [-0.39, 0.29) is 43.8 Å². The number of nitrogens with one attached hydrogen (secondary N) is 2. The normalized spacial score (nSPS) is 11.2. The van der Waals surface area contributed by atoms with Gasteiger partial charge < -0.3 is 10.6 Å². The van der Waals surface area contributed by atoms with Gasteiger partial charge in [0.15, 0.2) is 0 Å². The summed E-state index contributed by atoms with van der Waals surface area (Å²) in [6.45, 7) is 3.08. The van der Waals surface area contributed by atoms with Crippen LogP contribution in [0.25, 0.3) is 0 Å². The minimum Gasteiger partial charge on any atom is -0.350 e. The Morgan fingerprint density at radius 1 is 0.912 bits per heavy atom. The van der Waals surface area contributed by atoms with Crippen LogP contribution >= 0.6 is 23.2 Å². The summed E-state index contributed by atoms with van der Waals surface area (Å²) in [5.41, 5.74) is 0.688. The molecule has 0 atom stereocenters. The fourth-order valence-corrected chi connectivity index (χ4v) is 4.85. The quantitative estimate of drug-likeness (QED) is 0.439. The molecule has 0 spiro atoms. The molecular formula is C24H23Cl2N3O4S. The van der Waals surface area contributed by atoms with Gasteiger partial charge in [-0.15, -0.1) is 0 Å². The van der Waals surface area contributed by atoms with Gasteiger partial charge in [0.1, 0.15) is 6.54 Å². The van der Waals surface area contributed by atoms with Crippen LogP contribution in [0.3, 0.4) is 0 Å². The Bertz CT molecular complexity index is 1300. The number of carbonyl (C=O) groups is 2. The standard InChI is InChI=1S/C24H23Cl2N3O4S/c1-16(2)27-24(31)19-10-6-7-11-22(19)28-23(30)15-29(17-12-13-20(25)21(26)14-17)34(32,33)18-8-4-3-5-9-18/h3-14,16H,15H2,1-2H3,(H,27,31)(H,28,30). The molecule has 0 unspecified atom stereocenters. The largest absolute Gasteiger partial charge is 0.350 e. The third-order valence-corrected chi connectivity index (χ3v) is 7.20. The highest BCUT2D eigenvalue weighted by Crippen LogP contribution is 2.30. The van der Waals surface area contributed by atoms with Gasteiger partial charge in [0.25, 0.3) is 15.9 Å². The molecule has 3 rings (SSSR count). The lowest BCUT2D eigenvalue weighted by Crippen LogP contribution is -2.38. The van der Waals surface area contributed by atoms with Crippen LogP contribution in [0.5, 0.6) is 0 Å². The Morgan fingerprint density at radius 2 is 1.56 bits per heavy atom. The topological polar surface area (TPSA) is 95.6 Å². The predicted molar refractivity (Wildman–Crippen MR) is 135 cm³/mol. The van der Waals surface area contributed by atoms with Crippen LogP contribution in [0.4, 0.5) is 11.4 Å². The highest BCUT2D eigenvalue weighted by atomic mass is 35.5. The molecule has 3 aromatic carbocycles. The molecular weight excluding hydrogens is 497 g/mol. The van der Waals surface area contributed by atoms with Crippen molar-refractivity contribution in [3.63, 3.8) is 0 Å². The van der Waals surface area contributed by atoms with E-state index in [0.717, 1.165) is 4.31 Å². The maximum absolute atomic E-state index is 13.4. The minimum atomic E-state index is -4.12. The third kappa shape index (κ3) is 6.08. The van der Waals surface area contributed by atoms with Crippen molar-refractivity contribution in [2.75, 3.05) is 16.2 Å². The van der Waals surface area contributed by atoms with Gasteiger partial charge in [-0.3, -0.25) is 13.9 Å². The van der Waals surface area contributed by atoms with Crippen LogP contribution in [0.2, 0.25) is 10.0 Å². The molecule has 0 aliphatic carbocycles. The molecule has 2 N–H and O–H groups in total. The number of halogens is 2. The second-order valence-electron chi connectivity index (χ2n) is 7.65. The highest BCUT2D eigenvalue weighted by Gasteiger charge is 2.28. The van der Waals surface area contributed by atoms with E-state index in [1.165, 1.54) is 30.3 Å². The lowest BCUT2D eigenvalue weighted by molar-refractivity contribution is -0.114. The molecule has 178 valence electrons. The Kier molecular flexibility index (Phi) is 8.19. The third-order valence-electron chi connectivity index (χ3n) is 4.68. The van der Waals surface area contributed by atoms with E-state index in [1.807, 2.05) is 13.8 Å². The van der Waals surface area contributed by atoms with Crippen molar-refractivity contribution in [3.8, 4) is 0 Å². The monoisotopic (exact) mass is 519 g/mol. The van der Waals surface area contributed by atoms with Crippen molar-refractivity contribution < 1.29 is 18.0 Å². The molecule has 2 amide bonds. The molecule has 0 aliphatic rings. The molecule has 0 aliphatic heterocycles. The van der Waals surface area contributed by atoms with Crippen LogP contribution in [-0.4, -0.2) is 32.8 Å². The minimum absolute atomic E-state index is 0.00517. The summed E-state index contributed by atoms with van der Waals surface area (Å²) in [6, 6.07) is 18.4. The lowest BCUT2D eigenvalue weighted by atomic mass is 10.1. The van der Waals surface area contributed by atoms with Gasteiger partial charge >= 0.3 is 0 Å². The molecule has 0 fully saturated rings. The van der Waals surface area contributed by atoms with Gasteiger partial charge in [0.2, 0.25) is 5.91 Å². The van der Waals surface area contributed by atoms with E-state index in [9.17, 15) is 18.0 Å². The molecule has 0 bridgehead atoms. The second kappa shape index (κ2) is 10.9. The molecule has 0 saturated carbocycles. The maximum Gasteiger partial charge on any atom is 0.264 e. The number of carbonyl (C=O) groups excluding carboxylic acids is 2. The number of hydrogen-bond acceptors (Lipinski definition) is 4. The molecule has 34 heavy (non-hydrogen) atoms. The maximum atomic E-state index is 13.4. The van der Waals surface area contributed by atoms with Crippen molar-refractivity contribution in [1.82, 2.24) is 5.32 Å². The van der Waals surface area contributed by atoms with Crippen molar-refractivity contribution in [3.05, 3.63) is 88.4 Å². The zero-order valence-electron chi connectivity index (χ0n) is 18.5. The zero-order valence-corrected chi connectivity index (χ0v) is 20.8. The Balaban J connectivity index is 1.94. The number of rotatable bonds is 8. The first kappa shape index (κ1) is 25.6. The number of anilines is 2. The summed E-state index contributed by atoms with van der Waals surface area (Å²) in [4.78, 5) is 25.5. The fourth-order valence-electron chi connectivity index (χ4n) is 3.13. The van der Waals surface area contributed by atoms with Crippen molar-refractivity contribution in [1.29, 1.82) is 0 Å². The molecule has 0 aromatic heterocycles. The van der Waals surface area contributed by atoms with E-state index < -0.39 is 22.5 Å². The molecule has 10 heteroatoms. The molecule has 0 radical (unpaired) electrons. The SMILES string of the molecule is CC(C)NC(=O)c1ccccc1NC(=O)CN(c1ccc(Cl)c(Cl)c1)S(=O)(=O)c1ccccc1. The highest BCUT2D eigenvalue weighted by molar-refractivity contribution is 7.92.